The number of azo groups is 1. The first kappa shape index (κ1) is 12.7. The highest BCUT2D eigenvalue weighted by Crippen LogP contribution is 2.28. The van der Waals surface area contributed by atoms with E-state index in [4.69, 9.17) is 5.73 Å². The normalized spacial score (nSPS) is 10.8. The van der Waals surface area contributed by atoms with Crippen LogP contribution in [0, 0.1) is 17.0 Å². The molecule has 0 aliphatic carbocycles. The smallest absolute Gasteiger partial charge is 0.271 e. The number of nitro groups is 1. The molecule has 0 aliphatic heterocycles. The quantitative estimate of drug-likeness (QED) is 0.390. The zero-order valence-electron chi connectivity index (χ0n) is 10.3. The Morgan fingerprint density at radius 1 is 1.11 bits per heavy atom. The van der Waals surface area contributed by atoms with Crippen LogP contribution in [0.3, 0.4) is 0 Å². The molecule has 2 rings (SSSR count). The van der Waals surface area contributed by atoms with Gasteiger partial charge in [0, 0.05) is 12.1 Å². The van der Waals surface area contributed by atoms with Gasteiger partial charge < -0.3 is 5.73 Å². The number of non-ortho nitro benzene ring substituents is 1. The van der Waals surface area contributed by atoms with Crippen molar-refractivity contribution in [2.75, 3.05) is 5.73 Å². The van der Waals surface area contributed by atoms with Crippen LogP contribution in [0.1, 0.15) is 5.56 Å². The van der Waals surface area contributed by atoms with Crippen molar-refractivity contribution in [3.8, 4) is 0 Å². The van der Waals surface area contributed by atoms with Crippen LogP contribution in [0.15, 0.2) is 52.7 Å². The highest BCUT2D eigenvalue weighted by molar-refractivity contribution is 5.66. The fourth-order valence-electron chi connectivity index (χ4n) is 1.53. The lowest BCUT2D eigenvalue weighted by molar-refractivity contribution is -0.384. The zero-order valence-corrected chi connectivity index (χ0v) is 10.3. The molecule has 0 aliphatic rings. The van der Waals surface area contributed by atoms with Crippen molar-refractivity contribution in [1.82, 2.24) is 0 Å². The fraction of sp³-hybridized carbons (Fsp3) is 0.0769. The van der Waals surface area contributed by atoms with Gasteiger partial charge >= 0.3 is 0 Å². The zero-order chi connectivity index (χ0) is 13.8. The molecule has 0 heterocycles. The number of nitrogens with two attached hydrogens (primary N) is 1. The van der Waals surface area contributed by atoms with Crippen molar-refractivity contribution >= 4 is 22.7 Å². The third kappa shape index (κ3) is 2.92. The number of aryl methyl sites for hydroxylation is 1. The maximum atomic E-state index is 10.6. The van der Waals surface area contributed by atoms with E-state index in [0.29, 0.717) is 5.69 Å². The number of nitro benzene ring substituents is 1. The Hall–Kier alpha value is -2.76. The van der Waals surface area contributed by atoms with Gasteiger partial charge in [0.1, 0.15) is 5.69 Å². The van der Waals surface area contributed by atoms with Gasteiger partial charge in [-0.15, -0.1) is 5.11 Å². The summed E-state index contributed by atoms with van der Waals surface area (Å²) in [5.41, 5.74) is 8.01. The second-order valence-corrected chi connectivity index (χ2v) is 3.99. The predicted molar refractivity (Wildman–Crippen MR) is 72.9 cm³/mol. The third-order valence-corrected chi connectivity index (χ3v) is 2.60. The van der Waals surface area contributed by atoms with Crippen molar-refractivity contribution in [2.45, 2.75) is 6.92 Å². The Kier molecular flexibility index (Phi) is 3.51. The highest BCUT2D eigenvalue weighted by Gasteiger charge is 2.08. The van der Waals surface area contributed by atoms with Crippen LogP contribution in [0.4, 0.5) is 22.7 Å². The maximum Gasteiger partial charge on any atom is 0.271 e. The van der Waals surface area contributed by atoms with Gasteiger partial charge in [-0.1, -0.05) is 18.2 Å². The summed E-state index contributed by atoms with van der Waals surface area (Å²) in [6, 6.07) is 11.6. The summed E-state index contributed by atoms with van der Waals surface area (Å²) < 4.78 is 0. The molecule has 0 fully saturated rings. The van der Waals surface area contributed by atoms with Gasteiger partial charge in [0.25, 0.3) is 5.69 Å². The van der Waals surface area contributed by atoms with Crippen molar-refractivity contribution in [3.05, 3.63) is 58.1 Å². The molecule has 0 bridgehead atoms. The summed E-state index contributed by atoms with van der Waals surface area (Å²) >= 11 is 0. The third-order valence-electron chi connectivity index (χ3n) is 2.60. The van der Waals surface area contributed by atoms with Crippen molar-refractivity contribution in [1.29, 1.82) is 0 Å². The minimum absolute atomic E-state index is 0.0626. The van der Waals surface area contributed by atoms with Crippen LogP contribution in [0.2, 0.25) is 0 Å². The molecular formula is C13H12N4O2. The number of nitrogens with zero attached hydrogens (tertiary/aromatic N) is 3. The van der Waals surface area contributed by atoms with E-state index in [2.05, 4.69) is 10.2 Å². The van der Waals surface area contributed by atoms with E-state index < -0.39 is 4.92 Å². The summed E-state index contributed by atoms with van der Waals surface area (Å²) in [5.74, 6) is 0. The first-order chi connectivity index (χ1) is 9.08. The molecule has 0 aromatic heterocycles. The van der Waals surface area contributed by atoms with E-state index in [1.807, 2.05) is 31.2 Å². The van der Waals surface area contributed by atoms with Crippen LogP contribution in [0.5, 0.6) is 0 Å². The van der Waals surface area contributed by atoms with Gasteiger partial charge in [0.15, 0.2) is 0 Å². The van der Waals surface area contributed by atoms with Crippen LogP contribution in [-0.4, -0.2) is 4.92 Å². The first-order valence-electron chi connectivity index (χ1n) is 5.59. The van der Waals surface area contributed by atoms with Crippen molar-refractivity contribution in [3.63, 3.8) is 0 Å². The monoisotopic (exact) mass is 256 g/mol. The Bertz CT molecular complexity index is 653. The Morgan fingerprint density at radius 2 is 1.79 bits per heavy atom. The van der Waals surface area contributed by atoms with E-state index in [-0.39, 0.29) is 11.4 Å². The van der Waals surface area contributed by atoms with Crippen LogP contribution >= 0.6 is 0 Å². The standard InChI is InChI=1S/C13H12N4O2/c1-9-4-2-3-5-12(9)15-16-13-7-6-10(17(18)19)8-11(13)14/h2-8H,14H2,1H3. The fourth-order valence-corrected chi connectivity index (χ4v) is 1.53. The van der Waals surface area contributed by atoms with Crippen LogP contribution < -0.4 is 5.73 Å². The lowest BCUT2D eigenvalue weighted by Crippen LogP contribution is -1.91. The predicted octanol–water partition coefficient (Wildman–Crippen LogP) is 3.90. The molecule has 0 saturated carbocycles. The molecule has 0 spiro atoms. The molecule has 2 aromatic carbocycles. The van der Waals surface area contributed by atoms with E-state index >= 15 is 0 Å². The topological polar surface area (TPSA) is 93.9 Å². The van der Waals surface area contributed by atoms with Crippen molar-refractivity contribution in [2.24, 2.45) is 10.2 Å². The Morgan fingerprint density at radius 3 is 2.42 bits per heavy atom. The summed E-state index contributed by atoms with van der Waals surface area (Å²) in [7, 11) is 0. The number of nitrogen functional groups attached to an aromatic ring is 1. The van der Waals surface area contributed by atoms with E-state index in [1.54, 1.807) is 0 Å². The minimum Gasteiger partial charge on any atom is -0.397 e. The molecular weight excluding hydrogens is 244 g/mol. The molecule has 0 unspecified atom stereocenters. The summed E-state index contributed by atoms with van der Waals surface area (Å²) in [6.45, 7) is 1.92. The molecule has 96 valence electrons. The SMILES string of the molecule is Cc1ccccc1N=Nc1ccc([N+](=O)[O-])cc1N. The second-order valence-electron chi connectivity index (χ2n) is 3.99. The van der Waals surface area contributed by atoms with Crippen LogP contribution in [-0.2, 0) is 0 Å². The van der Waals surface area contributed by atoms with Gasteiger partial charge in [-0.05, 0) is 24.6 Å². The first-order valence-corrected chi connectivity index (χ1v) is 5.59. The summed E-state index contributed by atoms with van der Waals surface area (Å²) in [5, 5.41) is 18.7. The van der Waals surface area contributed by atoms with Gasteiger partial charge in [0.05, 0.1) is 16.3 Å². The van der Waals surface area contributed by atoms with E-state index in [1.165, 1.54) is 18.2 Å². The average Bonchev–Trinajstić information content (AvgIpc) is 2.39. The van der Waals surface area contributed by atoms with Gasteiger partial charge in [-0.25, -0.2) is 0 Å². The Balaban J connectivity index is 2.29. The number of hydrogen-bond donors (Lipinski definition) is 1. The second kappa shape index (κ2) is 5.26. The molecule has 2 N–H and O–H groups in total. The summed E-state index contributed by atoms with van der Waals surface area (Å²) in [4.78, 5) is 10.1. The largest absolute Gasteiger partial charge is 0.397 e. The number of anilines is 1. The average molecular weight is 256 g/mol. The van der Waals surface area contributed by atoms with Gasteiger partial charge in [-0.3, -0.25) is 10.1 Å². The highest BCUT2D eigenvalue weighted by atomic mass is 16.6. The van der Waals surface area contributed by atoms with Crippen LogP contribution in [0.25, 0.3) is 0 Å². The lowest BCUT2D eigenvalue weighted by atomic mass is 10.2. The van der Waals surface area contributed by atoms with E-state index in [0.717, 1.165) is 11.3 Å². The molecule has 6 nitrogen and oxygen atoms in total. The molecule has 6 heteroatoms. The summed E-state index contributed by atoms with van der Waals surface area (Å²) in [6.07, 6.45) is 0. The number of rotatable bonds is 3. The molecule has 0 saturated heterocycles. The Labute approximate surface area is 109 Å². The maximum absolute atomic E-state index is 10.6. The molecule has 19 heavy (non-hydrogen) atoms. The number of benzene rings is 2. The minimum atomic E-state index is -0.501. The van der Waals surface area contributed by atoms with Gasteiger partial charge in [0.2, 0.25) is 0 Å². The van der Waals surface area contributed by atoms with E-state index in [9.17, 15) is 10.1 Å². The van der Waals surface area contributed by atoms with Gasteiger partial charge in [-0.2, -0.15) is 5.11 Å². The molecule has 0 amide bonds. The molecule has 0 radical (unpaired) electrons. The lowest BCUT2D eigenvalue weighted by Gasteiger charge is -2.00. The number of hydrogen-bond acceptors (Lipinski definition) is 5. The molecule has 2 aromatic rings. The molecule has 0 atom stereocenters. The van der Waals surface area contributed by atoms with Crippen molar-refractivity contribution < 1.29 is 4.92 Å².